The van der Waals surface area contributed by atoms with E-state index < -0.39 is 0 Å². The number of nitrogens with zero attached hydrogens (tertiary/aromatic N) is 2. The lowest BCUT2D eigenvalue weighted by Gasteiger charge is -2.12. The Morgan fingerprint density at radius 2 is 2.05 bits per heavy atom. The Hall–Kier alpha value is -1.11. The van der Waals surface area contributed by atoms with E-state index in [9.17, 15) is 0 Å². The third kappa shape index (κ3) is 3.50. The molecule has 0 aliphatic rings. The molecule has 0 saturated carbocycles. The number of hydrogen-bond acceptors (Lipinski definition) is 4. The molecule has 0 aliphatic heterocycles. The fourth-order valence-corrected chi connectivity index (χ4v) is 2.62. The maximum atomic E-state index is 5.65. The summed E-state index contributed by atoms with van der Waals surface area (Å²) in [5.41, 5.74) is 1.08. The van der Waals surface area contributed by atoms with Crippen molar-refractivity contribution in [2.45, 2.75) is 34.1 Å². The predicted molar refractivity (Wildman–Crippen MR) is 89.9 cm³/mol. The average Bonchev–Trinajstić information content (AvgIpc) is 2.80. The normalized spacial score (nSPS) is 11.1. The van der Waals surface area contributed by atoms with Crippen molar-refractivity contribution in [1.82, 2.24) is 9.97 Å². The topological polar surface area (TPSA) is 51.0 Å². The molecule has 0 aromatic carbocycles. The van der Waals surface area contributed by atoms with Gasteiger partial charge in [0.25, 0.3) is 0 Å². The number of hydrogen-bond donors (Lipinski definition) is 1. The van der Waals surface area contributed by atoms with Crippen molar-refractivity contribution in [3.8, 4) is 11.6 Å². The fraction of sp³-hybridized carbons (Fsp3) is 0.467. The maximum Gasteiger partial charge on any atom is 0.197 e. The first-order valence-electron chi connectivity index (χ1n) is 6.88. The third-order valence-corrected chi connectivity index (χ3v) is 3.96. The summed E-state index contributed by atoms with van der Waals surface area (Å²) in [5.74, 6) is 3.70. The highest BCUT2D eigenvalue weighted by molar-refractivity contribution is 14.1. The molecule has 5 heteroatoms. The van der Waals surface area contributed by atoms with Crippen molar-refractivity contribution >= 4 is 28.4 Å². The standard InChI is InChI=1S/C15H20IN3O/c1-5-17-15-13(16)11(8-9(2)3)18-14(19-15)12-7-6-10(4)20-12/h6-7,9H,5,8H2,1-4H3,(H,17,18,19). The van der Waals surface area contributed by atoms with Crippen LogP contribution < -0.4 is 5.32 Å². The van der Waals surface area contributed by atoms with Gasteiger partial charge in [-0.2, -0.15) is 0 Å². The zero-order chi connectivity index (χ0) is 14.7. The number of rotatable bonds is 5. The summed E-state index contributed by atoms with van der Waals surface area (Å²) in [4.78, 5) is 9.28. The van der Waals surface area contributed by atoms with E-state index in [-0.39, 0.29) is 0 Å². The van der Waals surface area contributed by atoms with Gasteiger partial charge in [0.05, 0.1) is 9.26 Å². The second-order valence-electron chi connectivity index (χ2n) is 5.20. The van der Waals surface area contributed by atoms with Gasteiger partial charge < -0.3 is 9.73 Å². The minimum absolute atomic E-state index is 0.555. The summed E-state index contributed by atoms with van der Waals surface area (Å²) in [6, 6.07) is 3.86. The number of aryl methyl sites for hydroxylation is 1. The van der Waals surface area contributed by atoms with Gasteiger partial charge in [-0.05, 0) is 60.9 Å². The zero-order valence-electron chi connectivity index (χ0n) is 12.3. The first-order chi connectivity index (χ1) is 9.51. The van der Waals surface area contributed by atoms with Gasteiger partial charge in [0.1, 0.15) is 11.6 Å². The Labute approximate surface area is 133 Å². The fourth-order valence-electron chi connectivity index (χ4n) is 1.96. The van der Waals surface area contributed by atoms with E-state index in [1.807, 2.05) is 19.1 Å². The van der Waals surface area contributed by atoms with Gasteiger partial charge in [-0.25, -0.2) is 9.97 Å². The number of furan rings is 1. The molecule has 0 atom stereocenters. The van der Waals surface area contributed by atoms with Gasteiger partial charge in [-0.1, -0.05) is 13.8 Å². The number of halogens is 1. The molecular weight excluding hydrogens is 365 g/mol. The number of anilines is 1. The van der Waals surface area contributed by atoms with Crippen LogP contribution in [0.5, 0.6) is 0 Å². The molecule has 0 saturated heterocycles. The van der Waals surface area contributed by atoms with Crippen molar-refractivity contribution in [1.29, 1.82) is 0 Å². The Kier molecular flexibility index (Phi) is 5.01. The highest BCUT2D eigenvalue weighted by Crippen LogP contribution is 2.26. The number of aromatic nitrogens is 2. The van der Waals surface area contributed by atoms with E-state index in [4.69, 9.17) is 4.42 Å². The van der Waals surface area contributed by atoms with Crippen molar-refractivity contribution in [3.05, 3.63) is 27.2 Å². The van der Waals surface area contributed by atoms with Crippen LogP contribution in [-0.2, 0) is 6.42 Å². The van der Waals surface area contributed by atoms with Crippen LogP contribution in [0.1, 0.15) is 32.2 Å². The lowest BCUT2D eigenvalue weighted by Crippen LogP contribution is -2.09. The van der Waals surface area contributed by atoms with Crippen LogP contribution >= 0.6 is 22.6 Å². The van der Waals surface area contributed by atoms with Crippen LogP contribution in [0.3, 0.4) is 0 Å². The van der Waals surface area contributed by atoms with E-state index in [1.165, 1.54) is 0 Å². The summed E-state index contributed by atoms with van der Waals surface area (Å²) in [6.45, 7) is 9.22. The molecule has 0 fully saturated rings. The molecule has 0 spiro atoms. The van der Waals surface area contributed by atoms with Crippen molar-refractivity contribution in [2.24, 2.45) is 5.92 Å². The third-order valence-electron chi connectivity index (χ3n) is 2.83. The second-order valence-corrected chi connectivity index (χ2v) is 6.27. The van der Waals surface area contributed by atoms with Crippen LogP contribution in [0, 0.1) is 16.4 Å². The molecule has 2 rings (SSSR count). The Balaban J connectivity index is 2.49. The molecule has 20 heavy (non-hydrogen) atoms. The number of nitrogens with one attached hydrogen (secondary N) is 1. The minimum atomic E-state index is 0.555. The Morgan fingerprint density at radius 1 is 1.30 bits per heavy atom. The summed E-state index contributed by atoms with van der Waals surface area (Å²) in [6.07, 6.45) is 0.936. The summed E-state index contributed by atoms with van der Waals surface area (Å²) >= 11 is 2.32. The van der Waals surface area contributed by atoms with Crippen molar-refractivity contribution in [3.63, 3.8) is 0 Å². The first-order valence-corrected chi connectivity index (χ1v) is 7.96. The summed E-state index contributed by atoms with van der Waals surface area (Å²) in [5, 5.41) is 3.31. The van der Waals surface area contributed by atoms with E-state index in [1.54, 1.807) is 0 Å². The average molecular weight is 385 g/mol. The molecule has 0 amide bonds. The Morgan fingerprint density at radius 3 is 2.60 bits per heavy atom. The lowest BCUT2D eigenvalue weighted by atomic mass is 10.1. The molecule has 0 bridgehead atoms. The van der Waals surface area contributed by atoms with Crippen molar-refractivity contribution in [2.75, 3.05) is 11.9 Å². The monoisotopic (exact) mass is 385 g/mol. The van der Waals surface area contributed by atoms with Gasteiger partial charge in [0.15, 0.2) is 11.6 Å². The molecule has 2 aromatic rings. The van der Waals surface area contributed by atoms with Crippen molar-refractivity contribution < 1.29 is 4.42 Å². The molecule has 2 heterocycles. The van der Waals surface area contributed by atoms with Gasteiger partial charge in [0, 0.05) is 6.54 Å². The van der Waals surface area contributed by atoms with Crippen LogP contribution in [0.2, 0.25) is 0 Å². The summed E-state index contributed by atoms with van der Waals surface area (Å²) in [7, 11) is 0. The molecule has 0 radical (unpaired) electrons. The highest BCUT2D eigenvalue weighted by Gasteiger charge is 2.15. The van der Waals surface area contributed by atoms with Crippen LogP contribution in [0.15, 0.2) is 16.5 Å². The van der Waals surface area contributed by atoms with Gasteiger partial charge in [-0.3, -0.25) is 0 Å². The molecule has 2 aromatic heterocycles. The molecule has 0 unspecified atom stereocenters. The van der Waals surface area contributed by atoms with Crippen LogP contribution in [-0.4, -0.2) is 16.5 Å². The SMILES string of the molecule is CCNc1nc(-c2ccc(C)o2)nc(CC(C)C)c1I. The molecule has 1 N–H and O–H groups in total. The molecule has 0 aliphatic carbocycles. The van der Waals surface area contributed by atoms with Gasteiger partial charge in [0.2, 0.25) is 0 Å². The van der Waals surface area contributed by atoms with E-state index in [0.29, 0.717) is 11.7 Å². The zero-order valence-corrected chi connectivity index (χ0v) is 14.5. The lowest BCUT2D eigenvalue weighted by molar-refractivity contribution is 0.543. The molecular formula is C15H20IN3O. The molecule has 4 nitrogen and oxygen atoms in total. The predicted octanol–water partition coefficient (Wildman–Crippen LogP) is 4.28. The smallest absolute Gasteiger partial charge is 0.197 e. The van der Waals surface area contributed by atoms with Gasteiger partial charge >= 0.3 is 0 Å². The second kappa shape index (κ2) is 6.56. The maximum absolute atomic E-state index is 5.65. The minimum Gasteiger partial charge on any atom is -0.458 e. The first kappa shape index (κ1) is 15.3. The van der Waals surface area contributed by atoms with E-state index in [0.717, 1.165) is 39.6 Å². The van der Waals surface area contributed by atoms with Crippen LogP contribution in [0.4, 0.5) is 5.82 Å². The van der Waals surface area contributed by atoms with E-state index >= 15 is 0 Å². The van der Waals surface area contributed by atoms with E-state index in [2.05, 4.69) is 58.6 Å². The highest BCUT2D eigenvalue weighted by atomic mass is 127. The Bertz CT molecular complexity index is 593. The largest absolute Gasteiger partial charge is 0.458 e. The quantitative estimate of drug-likeness (QED) is 0.781. The molecule has 108 valence electrons. The van der Waals surface area contributed by atoms with Gasteiger partial charge in [-0.15, -0.1) is 0 Å². The summed E-state index contributed by atoms with van der Waals surface area (Å²) < 4.78 is 6.75. The van der Waals surface area contributed by atoms with Crippen LogP contribution in [0.25, 0.3) is 11.6 Å².